The van der Waals surface area contributed by atoms with Gasteiger partial charge in [0.25, 0.3) is 0 Å². The van der Waals surface area contributed by atoms with Crippen LogP contribution in [0.25, 0.3) is 10.4 Å². The average Bonchev–Trinajstić information content (AvgIpc) is 2.56. The molecule has 6 heteroatoms. The molecule has 0 amide bonds. The van der Waals surface area contributed by atoms with Crippen LogP contribution in [0.15, 0.2) is 18.8 Å². The van der Waals surface area contributed by atoms with Gasteiger partial charge in [0.05, 0.1) is 7.57 Å². The van der Waals surface area contributed by atoms with Crippen LogP contribution in [0.3, 0.4) is 0 Å². The maximum absolute atomic E-state index is 8.10. The fraction of sp³-hybridized carbons (Fsp3) is 0.600. The molecular weight excluding hydrogens is 354 g/mol. The minimum absolute atomic E-state index is 0.629. The normalized spacial score (nSPS) is 10.1. The summed E-state index contributed by atoms with van der Waals surface area (Å²) in [6.45, 7) is 0.629. The molecule has 1 aromatic rings. The van der Waals surface area contributed by atoms with Gasteiger partial charge in [-0.15, -0.1) is 11.3 Å². The average molecular weight is 367 g/mol. The Balaban J connectivity index is 2.11. The molecule has 0 atom stereocenters. The van der Waals surface area contributed by atoms with Gasteiger partial charge in [-0.3, -0.25) is 0 Å². The minimum Gasteiger partial charge on any atom is -0.121 e. The maximum Gasteiger partial charge on any atom is 0.0742 e. The monoisotopic (exact) mass is 365 g/mol. The topological polar surface area (TPSA) is 48.8 Å². The third-order valence-corrected chi connectivity index (χ3v) is 4.71. The largest absolute Gasteiger partial charge is 0.121 e. The first kappa shape index (κ1) is 14.0. The van der Waals surface area contributed by atoms with Crippen LogP contribution in [0.2, 0.25) is 0 Å². The van der Waals surface area contributed by atoms with E-state index in [2.05, 4.69) is 48.0 Å². The van der Waals surface area contributed by atoms with E-state index in [0.717, 1.165) is 19.3 Å². The summed E-state index contributed by atoms with van der Waals surface area (Å²) in [6.07, 6.45) is 5.64. The second-order valence-electron chi connectivity index (χ2n) is 3.47. The van der Waals surface area contributed by atoms with Gasteiger partial charge in [0.2, 0.25) is 0 Å². The molecule has 0 aliphatic carbocycles. The van der Waals surface area contributed by atoms with E-state index < -0.39 is 0 Å². The number of azide groups is 1. The summed E-state index contributed by atoms with van der Waals surface area (Å²) in [7, 11) is 0. The van der Waals surface area contributed by atoms with Crippen molar-refractivity contribution in [3.63, 3.8) is 0 Å². The number of halogens is 2. The first-order valence-corrected chi connectivity index (χ1v) is 7.59. The van der Waals surface area contributed by atoms with Crippen LogP contribution < -0.4 is 0 Å². The Kier molecular flexibility index (Phi) is 7.12. The van der Waals surface area contributed by atoms with Crippen LogP contribution in [0.5, 0.6) is 0 Å². The number of hydrogen-bond acceptors (Lipinski definition) is 2. The van der Waals surface area contributed by atoms with Gasteiger partial charge in [0, 0.05) is 11.5 Å². The number of rotatable bonds is 7. The predicted molar refractivity (Wildman–Crippen MR) is 75.9 cm³/mol. The van der Waals surface area contributed by atoms with Crippen LogP contribution in [0, 0.1) is 0 Å². The molecule has 0 radical (unpaired) electrons. The molecule has 1 rings (SSSR count). The number of hydrogen-bond donors (Lipinski definition) is 0. The van der Waals surface area contributed by atoms with Crippen molar-refractivity contribution in [3.8, 4) is 0 Å². The Morgan fingerprint density at radius 1 is 1.25 bits per heavy atom. The van der Waals surface area contributed by atoms with Crippen molar-refractivity contribution in [1.82, 2.24) is 0 Å². The zero-order valence-electron chi connectivity index (χ0n) is 8.83. The highest BCUT2D eigenvalue weighted by Crippen LogP contribution is 2.32. The van der Waals surface area contributed by atoms with E-state index in [1.165, 1.54) is 26.0 Å². The molecule has 1 aromatic heterocycles. The number of nitrogens with zero attached hydrogens (tertiary/aromatic N) is 3. The molecule has 88 valence electrons. The quantitative estimate of drug-likeness (QED) is 0.257. The second-order valence-corrected chi connectivity index (χ2v) is 7.22. The van der Waals surface area contributed by atoms with E-state index in [0.29, 0.717) is 6.54 Å². The van der Waals surface area contributed by atoms with Crippen LogP contribution >= 0.6 is 43.2 Å². The van der Waals surface area contributed by atoms with Crippen molar-refractivity contribution in [2.45, 2.75) is 32.1 Å². The summed E-state index contributed by atoms with van der Waals surface area (Å²) in [5.74, 6) is 0. The summed E-state index contributed by atoms with van der Waals surface area (Å²) in [5.41, 5.74) is 9.48. The molecule has 0 saturated heterocycles. The van der Waals surface area contributed by atoms with Crippen LogP contribution in [0.4, 0.5) is 0 Å². The third kappa shape index (κ3) is 5.34. The highest BCUT2D eigenvalue weighted by molar-refractivity contribution is 9.12. The first-order valence-electron chi connectivity index (χ1n) is 5.18. The zero-order valence-corrected chi connectivity index (χ0v) is 12.8. The fourth-order valence-corrected chi connectivity index (χ4v) is 4.35. The maximum atomic E-state index is 8.10. The van der Waals surface area contributed by atoms with Crippen LogP contribution in [0.1, 0.15) is 31.2 Å². The lowest BCUT2D eigenvalue weighted by molar-refractivity contribution is 0.646. The SMILES string of the molecule is [N-]=[N+]=NCCCCCCc1cc(Br)sc1Br. The summed E-state index contributed by atoms with van der Waals surface area (Å²) in [4.78, 5) is 2.73. The van der Waals surface area contributed by atoms with E-state index in [1.54, 1.807) is 11.3 Å². The van der Waals surface area contributed by atoms with Crippen LogP contribution in [-0.2, 0) is 6.42 Å². The molecule has 0 saturated carbocycles. The van der Waals surface area contributed by atoms with Gasteiger partial charge in [0.15, 0.2) is 0 Å². The lowest BCUT2D eigenvalue weighted by Gasteiger charge is -1.99. The molecule has 3 nitrogen and oxygen atoms in total. The Hall–Kier alpha value is -0.0300. The second kappa shape index (κ2) is 8.12. The van der Waals surface area contributed by atoms with E-state index in [1.807, 2.05) is 0 Å². The van der Waals surface area contributed by atoms with E-state index >= 15 is 0 Å². The van der Waals surface area contributed by atoms with Crippen molar-refractivity contribution >= 4 is 43.2 Å². The molecule has 0 unspecified atom stereocenters. The number of unbranched alkanes of at least 4 members (excludes halogenated alkanes) is 3. The standard InChI is InChI=1S/C10H13Br2N3S/c11-9-7-8(10(12)16-9)5-3-1-2-4-6-14-15-13/h7H,1-6H2. The lowest BCUT2D eigenvalue weighted by atomic mass is 10.1. The molecule has 0 aliphatic heterocycles. The molecule has 0 aliphatic rings. The van der Waals surface area contributed by atoms with Crippen LogP contribution in [-0.4, -0.2) is 6.54 Å². The molecule has 0 fully saturated rings. The Bertz CT molecular complexity index is 372. The summed E-state index contributed by atoms with van der Waals surface area (Å²) in [6, 6.07) is 2.18. The molecule has 1 heterocycles. The Morgan fingerprint density at radius 3 is 2.62 bits per heavy atom. The zero-order chi connectivity index (χ0) is 11.8. The Labute approximate surface area is 116 Å². The van der Waals surface area contributed by atoms with Crippen molar-refractivity contribution in [3.05, 3.63) is 29.6 Å². The van der Waals surface area contributed by atoms with Gasteiger partial charge in [-0.2, -0.15) is 0 Å². The molecule has 0 aromatic carbocycles. The van der Waals surface area contributed by atoms with Gasteiger partial charge < -0.3 is 0 Å². The van der Waals surface area contributed by atoms with Gasteiger partial charge in [0.1, 0.15) is 0 Å². The minimum atomic E-state index is 0.629. The van der Waals surface area contributed by atoms with E-state index in [4.69, 9.17) is 5.53 Å². The summed E-state index contributed by atoms with van der Waals surface area (Å²) in [5, 5.41) is 3.51. The van der Waals surface area contributed by atoms with Crippen molar-refractivity contribution in [2.24, 2.45) is 5.11 Å². The van der Waals surface area contributed by atoms with E-state index in [-0.39, 0.29) is 0 Å². The fourth-order valence-electron chi connectivity index (χ4n) is 1.44. The van der Waals surface area contributed by atoms with E-state index in [9.17, 15) is 0 Å². The molecule has 0 N–H and O–H groups in total. The van der Waals surface area contributed by atoms with Gasteiger partial charge in [-0.1, -0.05) is 18.0 Å². The smallest absolute Gasteiger partial charge is 0.0742 e. The molecular formula is C10H13Br2N3S. The lowest BCUT2D eigenvalue weighted by Crippen LogP contribution is -1.85. The molecule has 16 heavy (non-hydrogen) atoms. The van der Waals surface area contributed by atoms with Crippen molar-refractivity contribution in [1.29, 1.82) is 0 Å². The predicted octanol–water partition coefficient (Wildman–Crippen LogP) is 5.69. The first-order chi connectivity index (χ1) is 7.74. The van der Waals surface area contributed by atoms with Gasteiger partial charge in [-0.25, -0.2) is 0 Å². The summed E-state index contributed by atoms with van der Waals surface area (Å²) >= 11 is 8.75. The summed E-state index contributed by atoms with van der Waals surface area (Å²) < 4.78 is 2.41. The number of aryl methyl sites for hydroxylation is 1. The van der Waals surface area contributed by atoms with Crippen molar-refractivity contribution in [2.75, 3.05) is 6.54 Å². The highest BCUT2D eigenvalue weighted by atomic mass is 79.9. The Morgan fingerprint density at radius 2 is 2.00 bits per heavy atom. The molecule has 0 spiro atoms. The molecule has 0 bridgehead atoms. The third-order valence-electron chi connectivity index (χ3n) is 2.24. The van der Waals surface area contributed by atoms with Gasteiger partial charge >= 0.3 is 0 Å². The van der Waals surface area contributed by atoms with Gasteiger partial charge in [-0.05, 0) is 68.3 Å². The number of thiophene rings is 1. The van der Waals surface area contributed by atoms with Crippen molar-refractivity contribution < 1.29 is 0 Å². The highest BCUT2D eigenvalue weighted by Gasteiger charge is 2.04.